The van der Waals surface area contributed by atoms with E-state index in [4.69, 9.17) is 4.55 Å². The predicted molar refractivity (Wildman–Crippen MR) is 57.8 cm³/mol. The Labute approximate surface area is 86.8 Å². The first-order valence-electron chi connectivity index (χ1n) is 5.22. The number of nitrogens with one attached hydrogen (secondary N) is 1. The first-order valence-corrected chi connectivity index (χ1v) is 6.83. The fourth-order valence-electron chi connectivity index (χ4n) is 1.23. The lowest BCUT2D eigenvalue weighted by atomic mass is 10.1. The van der Waals surface area contributed by atoms with Gasteiger partial charge in [0.2, 0.25) is 0 Å². The van der Waals surface area contributed by atoms with Crippen LogP contribution in [0.4, 0.5) is 0 Å². The smallest absolute Gasteiger partial charge is 0.278 e. The van der Waals surface area contributed by atoms with E-state index >= 15 is 0 Å². The third-order valence-electron chi connectivity index (χ3n) is 1.99. The zero-order valence-electron chi connectivity index (χ0n) is 8.83. The van der Waals surface area contributed by atoms with Crippen molar-refractivity contribution in [2.75, 3.05) is 12.4 Å². The topological polar surface area (TPSA) is 66.4 Å². The second kappa shape index (κ2) is 8.20. The highest BCUT2D eigenvalue weighted by Crippen LogP contribution is 2.03. The van der Waals surface area contributed by atoms with Gasteiger partial charge >= 0.3 is 0 Å². The van der Waals surface area contributed by atoms with E-state index in [1.54, 1.807) is 0 Å². The van der Waals surface area contributed by atoms with Crippen molar-refractivity contribution in [3.63, 3.8) is 0 Å². The van der Waals surface area contributed by atoms with Crippen molar-refractivity contribution in [3.8, 4) is 0 Å². The van der Waals surface area contributed by atoms with Gasteiger partial charge in [0.15, 0.2) is 0 Å². The van der Waals surface area contributed by atoms with E-state index < -0.39 is 10.1 Å². The van der Waals surface area contributed by atoms with Gasteiger partial charge in [-0.15, -0.1) is 0 Å². The molecule has 0 aromatic rings. The molecule has 0 amide bonds. The molecule has 0 atom stereocenters. The molecule has 0 aromatic heterocycles. The molecule has 0 aliphatic heterocycles. The number of rotatable bonds is 9. The molecule has 0 unspecified atom stereocenters. The van der Waals surface area contributed by atoms with Gasteiger partial charge in [-0.2, -0.15) is 8.42 Å². The molecule has 4 nitrogen and oxygen atoms in total. The lowest BCUT2D eigenvalue weighted by molar-refractivity contribution is 0.474. The van der Waals surface area contributed by atoms with Gasteiger partial charge in [0.25, 0.3) is 10.1 Å². The van der Waals surface area contributed by atoms with Crippen molar-refractivity contribution in [3.05, 3.63) is 0 Å². The van der Waals surface area contributed by atoms with Crippen molar-refractivity contribution in [2.24, 2.45) is 0 Å². The highest BCUT2D eigenvalue weighted by Gasteiger charge is 2.01. The summed E-state index contributed by atoms with van der Waals surface area (Å²) >= 11 is 0. The summed E-state index contributed by atoms with van der Waals surface area (Å²) in [6, 6.07) is 0. The Morgan fingerprint density at radius 3 is 2.21 bits per heavy atom. The van der Waals surface area contributed by atoms with Crippen molar-refractivity contribution >= 4 is 10.1 Å². The summed E-state index contributed by atoms with van der Waals surface area (Å²) in [5, 5.41) is 2.68. The first-order chi connectivity index (χ1) is 6.56. The lowest BCUT2D eigenvalue weighted by Gasteiger charge is -2.02. The summed E-state index contributed by atoms with van der Waals surface area (Å²) in [5.41, 5.74) is 0. The second-order valence-corrected chi connectivity index (χ2v) is 4.95. The molecule has 0 aliphatic rings. The average Bonchev–Trinajstić information content (AvgIpc) is 2.08. The average molecular weight is 223 g/mol. The maximum Gasteiger partial charge on any atom is 0.278 e. The fourth-order valence-corrected chi connectivity index (χ4v) is 1.63. The molecule has 5 heteroatoms. The highest BCUT2D eigenvalue weighted by atomic mass is 32.2. The highest BCUT2D eigenvalue weighted by molar-refractivity contribution is 7.85. The molecule has 0 fully saturated rings. The standard InChI is InChI=1S/C9H21NO3S/c1-2-3-4-5-6-7-8-10-9-14(11,12)13/h10H,2-9H2,1H3,(H,11,12,13). The molecule has 0 bridgehead atoms. The number of unbranched alkanes of at least 4 members (excludes halogenated alkanes) is 5. The normalized spacial score (nSPS) is 11.9. The molecule has 14 heavy (non-hydrogen) atoms. The van der Waals surface area contributed by atoms with Gasteiger partial charge in [-0.05, 0) is 13.0 Å². The Hall–Kier alpha value is -0.130. The molecule has 0 radical (unpaired) electrons. The zero-order valence-corrected chi connectivity index (χ0v) is 9.65. The third kappa shape index (κ3) is 11.9. The van der Waals surface area contributed by atoms with Crippen LogP contribution in [0.15, 0.2) is 0 Å². The van der Waals surface area contributed by atoms with Gasteiger partial charge in [0.1, 0.15) is 5.88 Å². The van der Waals surface area contributed by atoms with E-state index in [2.05, 4.69) is 12.2 Å². The van der Waals surface area contributed by atoms with Gasteiger partial charge in [-0.1, -0.05) is 39.0 Å². The van der Waals surface area contributed by atoms with Crippen molar-refractivity contribution < 1.29 is 13.0 Å². The van der Waals surface area contributed by atoms with Crippen LogP contribution in [0.3, 0.4) is 0 Å². The summed E-state index contributed by atoms with van der Waals surface area (Å²) in [6.45, 7) is 2.83. The largest absolute Gasteiger partial charge is 0.302 e. The maximum atomic E-state index is 10.3. The first kappa shape index (κ1) is 13.9. The van der Waals surface area contributed by atoms with Crippen LogP contribution >= 0.6 is 0 Å². The van der Waals surface area contributed by atoms with E-state index in [0.717, 1.165) is 12.8 Å². The van der Waals surface area contributed by atoms with Crippen LogP contribution in [0, 0.1) is 0 Å². The minimum atomic E-state index is -3.84. The molecule has 0 rings (SSSR count). The summed E-state index contributed by atoms with van der Waals surface area (Å²) in [5.74, 6) is -0.331. The van der Waals surface area contributed by atoms with Crippen molar-refractivity contribution in [2.45, 2.75) is 45.4 Å². The Morgan fingerprint density at radius 2 is 1.64 bits per heavy atom. The van der Waals surface area contributed by atoms with Crippen LogP contribution in [0.2, 0.25) is 0 Å². The van der Waals surface area contributed by atoms with E-state index in [-0.39, 0.29) is 5.88 Å². The van der Waals surface area contributed by atoms with E-state index in [1.165, 1.54) is 25.7 Å². The second-order valence-electron chi connectivity index (χ2n) is 3.49. The fraction of sp³-hybridized carbons (Fsp3) is 1.00. The van der Waals surface area contributed by atoms with Gasteiger partial charge in [0, 0.05) is 0 Å². The zero-order chi connectivity index (χ0) is 10.9. The number of hydrogen-bond acceptors (Lipinski definition) is 3. The van der Waals surface area contributed by atoms with Crippen LogP contribution in [0.5, 0.6) is 0 Å². The molecule has 0 saturated carbocycles. The monoisotopic (exact) mass is 223 g/mol. The molecular weight excluding hydrogens is 202 g/mol. The molecule has 0 aromatic carbocycles. The predicted octanol–water partition coefficient (Wildman–Crippen LogP) is 1.78. The molecule has 2 N–H and O–H groups in total. The SMILES string of the molecule is CCCCCCCCNCS(=O)(=O)O. The third-order valence-corrected chi connectivity index (χ3v) is 2.56. The molecule has 86 valence electrons. The molecule has 0 heterocycles. The minimum absolute atomic E-state index is 0.331. The Balaban J connectivity index is 3.07. The summed E-state index contributed by atoms with van der Waals surface area (Å²) < 4.78 is 29.0. The summed E-state index contributed by atoms with van der Waals surface area (Å²) in [6.07, 6.45) is 7.08. The van der Waals surface area contributed by atoms with Crippen molar-refractivity contribution in [1.29, 1.82) is 0 Å². The lowest BCUT2D eigenvalue weighted by Crippen LogP contribution is -2.23. The van der Waals surface area contributed by atoms with Crippen LogP contribution in [0.1, 0.15) is 45.4 Å². The van der Waals surface area contributed by atoms with Gasteiger partial charge in [-0.25, -0.2) is 0 Å². The molecular formula is C9H21NO3S. The van der Waals surface area contributed by atoms with Gasteiger partial charge < -0.3 is 5.32 Å². The Kier molecular flexibility index (Phi) is 8.12. The minimum Gasteiger partial charge on any atom is -0.302 e. The van der Waals surface area contributed by atoms with E-state index in [9.17, 15) is 8.42 Å². The van der Waals surface area contributed by atoms with Crippen LogP contribution in [-0.2, 0) is 10.1 Å². The molecule has 0 aliphatic carbocycles. The van der Waals surface area contributed by atoms with E-state index in [0.29, 0.717) is 6.54 Å². The Morgan fingerprint density at radius 1 is 1.07 bits per heavy atom. The van der Waals surface area contributed by atoms with Gasteiger partial charge in [0.05, 0.1) is 0 Å². The van der Waals surface area contributed by atoms with Crippen molar-refractivity contribution in [1.82, 2.24) is 5.32 Å². The van der Waals surface area contributed by atoms with Gasteiger partial charge in [-0.3, -0.25) is 4.55 Å². The Bertz CT molecular complexity index is 214. The van der Waals surface area contributed by atoms with E-state index in [1.807, 2.05) is 0 Å². The summed E-state index contributed by atoms with van der Waals surface area (Å²) in [7, 11) is -3.84. The molecule has 0 spiro atoms. The van der Waals surface area contributed by atoms with Crippen LogP contribution in [0.25, 0.3) is 0 Å². The van der Waals surface area contributed by atoms with Crippen LogP contribution < -0.4 is 5.32 Å². The summed E-state index contributed by atoms with van der Waals surface area (Å²) in [4.78, 5) is 0. The quantitative estimate of drug-likeness (QED) is 0.462. The van der Waals surface area contributed by atoms with Crippen LogP contribution in [-0.4, -0.2) is 25.4 Å². The molecule has 0 saturated heterocycles. The maximum absolute atomic E-state index is 10.3. The number of hydrogen-bond donors (Lipinski definition) is 2.